The number of carbonyl (C=O) groups is 2. The molecule has 4 rings (SSSR count). The van der Waals surface area contributed by atoms with Crippen molar-refractivity contribution >= 4 is 28.8 Å². The van der Waals surface area contributed by atoms with E-state index < -0.39 is 0 Å². The Hall–Kier alpha value is -2.25. The highest BCUT2D eigenvalue weighted by Gasteiger charge is 2.40. The molecule has 6 nitrogen and oxygen atoms in total. The lowest BCUT2D eigenvalue weighted by Gasteiger charge is -2.23. The lowest BCUT2D eigenvalue weighted by molar-refractivity contribution is -0.114. The van der Waals surface area contributed by atoms with Crippen molar-refractivity contribution in [2.24, 2.45) is 5.92 Å². The Labute approximate surface area is 150 Å². The van der Waals surface area contributed by atoms with Gasteiger partial charge in [0.25, 0.3) is 5.91 Å². The van der Waals surface area contributed by atoms with Crippen molar-refractivity contribution < 1.29 is 9.59 Å². The van der Waals surface area contributed by atoms with E-state index in [1.54, 1.807) is 6.20 Å². The molecule has 3 atom stereocenters. The summed E-state index contributed by atoms with van der Waals surface area (Å²) in [6.07, 6.45) is 3.95. The Bertz CT molecular complexity index is 802. The van der Waals surface area contributed by atoms with E-state index >= 15 is 0 Å². The largest absolute Gasteiger partial charge is 0.346 e. The first-order valence-corrected chi connectivity index (χ1v) is 9.28. The Kier molecular flexibility index (Phi) is 4.27. The fourth-order valence-electron chi connectivity index (χ4n) is 3.68. The minimum atomic E-state index is -0.0976. The van der Waals surface area contributed by atoms with Crippen LogP contribution in [0, 0.1) is 5.92 Å². The van der Waals surface area contributed by atoms with Crippen LogP contribution in [0.1, 0.15) is 29.6 Å². The molecule has 1 aliphatic carbocycles. The molecular formula is C18H20N4O2S. The van der Waals surface area contributed by atoms with Crippen molar-refractivity contribution in [3.63, 3.8) is 0 Å². The highest BCUT2D eigenvalue weighted by molar-refractivity contribution is 7.16. The van der Waals surface area contributed by atoms with Gasteiger partial charge in [-0.15, -0.1) is 11.3 Å². The minimum Gasteiger partial charge on any atom is -0.346 e. The molecule has 3 unspecified atom stereocenters. The number of benzene rings is 1. The quantitative estimate of drug-likeness (QED) is 0.785. The molecule has 2 amide bonds. The van der Waals surface area contributed by atoms with Crippen LogP contribution in [0.3, 0.4) is 0 Å². The van der Waals surface area contributed by atoms with Crippen LogP contribution in [-0.2, 0) is 4.79 Å². The van der Waals surface area contributed by atoms with Crippen LogP contribution in [0.25, 0.3) is 10.4 Å². The number of hydrogen-bond acceptors (Lipinski definition) is 5. The second-order valence-electron chi connectivity index (χ2n) is 6.72. The summed E-state index contributed by atoms with van der Waals surface area (Å²) in [7, 11) is 0. The number of aromatic nitrogens is 1. The maximum absolute atomic E-state index is 12.5. The van der Waals surface area contributed by atoms with E-state index in [9.17, 15) is 9.59 Å². The number of carbonyl (C=O) groups excluding carboxylic acids is 2. The molecule has 1 aliphatic heterocycles. The van der Waals surface area contributed by atoms with Crippen LogP contribution in [-0.4, -0.2) is 35.4 Å². The van der Waals surface area contributed by atoms with Gasteiger partial charge in [0.15, 0.2) is 5.01 Å². The number of rotatable bonds is 4. The van der Waals surface area contributed by atoms with Gasteiger partial charge in [-0.1, -0.05) is 12.1 Å². The molecule has 1 aromatic heterocycles. The number of amides is 2. The van der Waals surface area contributed by atoms with Crippen LogP contribution in [0.2, 0.25) is 0 Å². The Morgan fingerprint density at radius 2 is 2.04 bits per heavy atom. The summed E-state index contributed by atoms with van der Waals surface area (Å²) in [5.41, 5.74) is 1.73. The van der Waals surface area contributed by atoms with E-state index in [4.69, 9.17) is 0 Å². The lowest BCUT2D eigenvalue weighted by atomic mass is 10.1. The van der Waals surface area contributed by atoms with Gasteiger partial charge >= 0.3 is 0 Å². The minimum absolute atomic E-state index is 0.0922. The maximum Gasteiger partial charge on any atom is 0.280 e. The Morgan fingerprint density at radius 3 is 2.68 bits per heavy atom. The SMILES string of the molecule is CC(=O)Nc1ccc(-c2cnc(C(=O)NC3CC4CNC3C4)s2)cc1. The van der Waals surface area contributed by atoms with Crippen molar-refractivity contribution in [1.29, 1.82) is 0 Å². The number of nitrogens with one attached hydrogen (secondary N) is 3. The number of anilines is 1. The summed E-state index contributed by atoms with van der Waals surface area (Å²) in [4.78, 5) is 28.7. The first-order chi connectivity index (χ1) is 12.1. The molecule has 0 radical (unpaired) electrons. The monoisotopic (exact) mass is 356 g/mol. The van der Waals surface area contributed by atoms with Gasteiger partial charge < -0.3 is 16.0 Å². The molecule has 2 bridgehead atoms. The van der Waals surface area contributed by atoms with Gasteiger partial charge in [-0.3, -0.25) is 9.59 Å². The third kappa shape index (κ3) is 3.43. The smallest absolute Gasteiger partial charge is 0.280 e. The topological polar surface area (TPSA) is 83.1 Å². The van der Waals surface area contributed by atoms with Crippen LogP contribution in [0.4, 0.5) is 5.69 Å². The van der Waals surface area contributed by atoms with E-state index in [1.165, 1.54) is 18.3 Å². The second-order valence-corrected chi connectivity index (χ2v) is 7.75. The average molecular weight is 356 g/mol. The van der Waals surface area contributed by atoms with Gasteiger partial charge in [-0.05, 0) is 43.0 Å². The zero-order chi connectivity index (χ0) is 17.4. The molecule has 2 aliphatic rings. The summed E-state index contributed by atoms with van der Waals surface area (Å²) in [6.45, 7) is 2.56. The summed E-state index contributed by atoms with van der Waals surface area (Å²) in [5.74, 6) is 0.509. The predicted molar refractivity (Wildman–Crippen MR) is 97.6 cm³/mol. The number of thiazole rings is 1. The van der Waals surface area contributed by atoms with E-state index in [0.29, 0.717) is 17.0 Å². The summed E-state index contributed by atoms with van der Waals surface area (Å²) in [6, 6.07) is 8.15. The Morgan fingerprint density at radius 1 is 1.24 bits per heavy atom. The lowest BCUT2D eigenvalue weighted by Crippen LogP contribution is -2.47. The molecule has 1 aromatic carbocycles. The molecular weight excluding hydrogens is 336 g/mol. The van der Waals surface area contributed by atoms with E-state index in [-0.39, 0.29) is 17.9 Å². The van der Waals surface area contributed by atoms with E-state index in [1.807, 2.05) is 24.3 Å². The second kappa shape index (κ2) is 6.57. The van der Waals surface area contributed by atoms with Gasteiger partial charge in [-0.2, -0.15) is 0 Å². The summed E-state index contributed by atoms with van der Waals surface area (Å²) >= 11 is 1.39. The van der Waals surface area contributed by atoms with Crippen LogP contribution >= 0.6 is 11.3 Å². The Balaban J connectivity index is 1.42. The normalized spacial score (nSPS) is 24.3. The number of piperidine rings is 1. The van der Waals surface area contributed by atoms with Crippen molar-refractivity contribution in [2.45, 2.75) is 31.8 Å². The third-order valence-corrected chi connectivity index (χ3v) is 5.88. The molecule has 0 spiro atoms. The number of hydrogen-bond donors (Lipinski definition) is 3. The number of fused-ring (bicyclic) bond motifs is 2. The standard InChI is InChI=1S/C18H20N4O2S/c1-10(23)21-13-4-2-12(3-5-13)16-9-20-18(25-16)17(24)22-15-7-11-6-14(15)19-8-11/h2-5,9,11,14-15,19H,6-8H2,1H3,(H,21,23)(H,22,24). The number of nitrogens with zero attached hydrogens (tertiary/aromatic N) is 1. The van der Waals surface area contributed by atoms with E-state index in [2.05, 4.69) is 20.9 Å². The van der Waals surface area contributed by atoms with Gasteiger partial charge in [0.05, 0.1) is 4.88 Å². The van der Waals surface area contributed by atoms with Gasteiger partial charge in [0, 0.05) is 30.9 Å². The highest BCUT2D eigenvalue weighted by atomic mass is 32.1. The van der Waals surface area contributed by atoms with Gasteiger partial charge in [0.2, 0.25) is 5.91 Å². The van der Waals surface area contributed by atoms with Crippen molar-refractivity contribution in [3.05, 3.63) is 35.5 Å². The van der Waals surface area contributed by atoms with Crippen molar-refractivity contribution in [3.8, 4) is 10.4 Å². The molecule has 130 valence electrons. The fourth-order valence-corrected chi connectivity index (χ4v) is 4.50. The fraction of sp³-hybridized carbons (Fsp3) is 0.389. The zero-order valence-corrected chi connectivity index (χ0v) is 14.7. The zero-order valence-electron chi connectivity index (χ0n) is 13.9. The highest BCUT2D eigenvalue weighted by Crippen LogP contribution is 2.32. The average Bonchev–Trinajstić information content (AvgIpc) is 3.31. The van der Waals surface area contributed by atoms with E-state index in [0.717, 1.165) is 35.5 Å². The first kappa shape index (κ1) is 16.2. The van der Waals surface area contributed by atoms with Crippen LogP contribution < -0.4 is 16.0 Å². The maximum atomic E-state index is 12.5. The van der Waals surface area contributed by atoms with Gasteiger partial charge in [-0.25, -0.2) is 4.98 Å². The van der Waals surface area contributed by atoms with Gasteiger partial charge in [0.1, 0.15) is 0 Å². The van der Waals surface area contributed by atoms with Crippen molar-refractivity contribution in [1.82, 2.24) is 15.6 Å². The molecule has 1 saturated heterocycles. The molecule has 1 saturated carbocycles. The molecule has 25 heavy (non-hydrogen) atoms. The third-order valence-electron chi connectivity index (χ3n) is 4.84. The molecule has 2 fully saturated rings. The molecule has 7 heteroatoms. The predicted octanol–water partition coefficient (Wildman–Crippen LogP) is 2.25. The first-order valence-electron chi connectivity index (χ1n) is 8.46. The molecule has 3 N–H and O–H groups in total. The van der Waals surface area contributed by atoms with Crippen molar-refractivity contribution in [2.75, 3.05) is 11.9 Å². The summed E-state index contributed by atoms with van der Waals surface area (Å²) in [5, 5.41) is 9.80. The van der Waals surface area contributed by atoms with Crippen LogP contribution in [0.5, 0.6) is 0 Å². The molecule has 2 aromatic rings. The summed E-state index contributed by atoms with van der Waals surface area (Å²) < 4.78 is 0. The van der Waals surface area contributed by atoms with Crippen LogP contribution in [0.15, 0.2) is 30.5 Å². The molecule has 2 heterocycles.